The van der Waals surface area contributed by atoms with Crippen molar-refractivity contribution < 1.29 is 4.79 Å². The van der Waals surface area contributed by atoms with Crippen molar-refractivity contribution >= 4 is 23.2 Å². The number of aryl methyl sites for hydroxylation is 1. The minimum atomic E-state index is -0.296. The highest BCUT2D eigenvalue weighted by atomic mass is 35.5. The Balaban J connectivity index is 1.85. The molecule has 1 amide bonds. The van der Waals surface area contributed by atoms with Gasteiger partial charge < -0.3 is 5.32 Å². The van der Waals surface area contributed by atoms with Gasteiger partial charge in [-0.25, -0.2) is 4.68 Å². The average molecular weight is 341 g/mol. The van der Waals surface area contributed by atoms with E-state index >= 15 is 0 Å². The van der Waals surface area contributed by atoms with Crippen LogP contribution in [0, 0.1) is 6.92 Å². The summed E-state index contributed by atoms with van der Waals surface area (Å²) in [6.07, 6.45) is 0.958. The molecule has 0 aliphatic rings. The van der Waals surface area contributed by atoms with Crippen LogP contribution in [0.15, 0.2) is 48.5 Å². The lowest BCUT2D eigenvalue weighted by Crippen LogP contribution is -2.14. The van der Waals surface area contributed by atoms with E-state index in [0.717, 1.165) is 12.1 Å². The maximum absolute atomic E-state index is 12.5. The molecule has 1 aromatic heterocycles. The van der Waals surface area contributed by atoms with Crippen LogP contribution < -0.4 is 5.32 Å². The summed E-state index contributed by atoms with van der Waals surface area (Å²) in [6, 6.07) is 15.0. The van der Waals surface area contributed by atoms with E-state index in [4.69, 9.17) is 11.6 Å². The average Bonchev–Trinajstić information content (AvgIpc) is 2.97. The summed E-state index contributed by atoms with van der Waals surface area (Å²) in [6.45, 7) is 3.88. The van der Waals surface area contributed by atoms with E-state index in [-0.39, 0.29) is 11.6 Å². The summed E-state index contributed by atoms with van der Waals surface area (Å²) in [5.74, 6) is -0.296. The first-order chi connectivity index (χ1) is 11.6. The number of aromatic nitrogens is 3. The Morgan fingerprint density at radius 1 is 1.17 bits per heavy atom. The van der Waals surface area contributed by atoms with Gasteiger partial charge in [0.25, 0.3) is 5.91 Å². The number of nitrogens with one attached hydrogen (secondary N) is 1. The molecule has 0 saturated heterocycles. The molecule has 0 radical (unpaired) electrons. The number of carbonyl (C=O) groups excluding carboxylic acids is 1. The number of amides is 1. The number of para-hydroxylation sites is 1. The quantitative estimate of drug-likeness (QED) is 0.779. The number of halogens is 1. The normalized spacial score (nSPS) is 10.6. The predicted molar refractivity (Wildman–Crippen MR) is 94.9 cm³/mol. The summed E-state index contributed by atoms with van der Waals surface area (Å²) in [5.41, 5.74) is 3.54. The lowest BCUT2D eigenvalue weighted by atomic mass is 10.1. The van der Waals surface area contributed by atoms with Crippen molar-refractivity contribution in [3.05, 3.63) is 70.5 Å². The maximum Gasteiger partial charge on any atom is 0.278 e. The molecule has 3 rings (SSSR count). The Labute approximate surface area is 145 Å². The molecular weight excluding hydrogens is 324 g/mol. The van der Waals surface area contributed by atoms with E-state index in [2.05, 4.69) is 22.6 Å². The molecule has 0 aliphatic carbocycles. The van der Waals surface area contributed by atoms with Crippen LogP contribution in [-0.2, 0) is 6.42 Å². The number of nitrogens with zero attached hydrogens (tertiary/aromatic N) is 3. The van der Waals surface area contributed by atoms with Gasteiger partial charge in [0.1, 0.15) is 0 Å². The SMILES string of the molecule is CCc1ccc(NC(=O)c2nnn(-c3ccccc3Cl)c2C)cc1. The van der Waals surface area contributed by atoms with Gasteiger partial charge in [0.05, 0.1) is 16.4 Å². The number of carbonyl (C=O) groups is 1. The number of benzene rings is 2. The molecular formula is C18H17ClN4O. The zero-order valence-corrected chi connectivity index (χ0v) is 14.2. The van der Waals surface area contributed by atoms with Crippen molar-refractivity contribution in [1.82, 2.24) is 15.0 Å². The summed E-state index contributed by atoms with van der Waals surface area (Å²) >= 11 is 6.19. The molecule has 24 heavy (non-hydrogen) atoms. The van der Waals surface area contributed by atoms with Gasteiger partial charge in [-0.2, -0.15) is 0 Å². The highest BCUT2D eigenvalue weighted by Gasteiger charge is 2.18. The Bertz CT molecular complexity index is 871. The Morgan fingerprint density at radius 2 is 1.88 bits per heavy atom. The van der Waals surface area contributed by atoms with Gasteiger partial charge in [-0.3, -0.25) is 4.79 Å². The largest absolute Gasteiger partial charge is 0.321 e. The first kappa shape index (κ1) is 16.2. The zero-order valence-electron chi connectivity index (χ0n) is 13.5. The van der Waals surface area contributed by atoms with E-state index < -0.39 is 0 Å². The number of rotatable bonds is 4. The third-order valence-electron chi connectivity index (χ3n) is 3.81. The van der Waals surface area contributed by atoms with Crippen LogP contribution in [0.5, 0.6) is 0 Å². The van der Waals surface area contributed by atoms with Gasteiger partial charge in [-0.1, -0.05) is 48.0 Å². The molecule has 3 aromatic rings. The summed E-state index contributed by atoms with van der Waals surface area (Å²) < 4.78 is 1.57. The van der Waals surface area contributed by atoms with E-state index in [9.17, 15) is 4.79 Å². The molecule has 0 atom stereocenters. The van der Waals surface area contributed by atoms with Gasteiger partial charge >= 0.3 is 0 Å². The summed E-state index contributed by atoms with van der Waals surface area (Å²) in [5, 5.41) is 11.5. The van der Waals surface area contributed by atoms with Crippen molar-refractivity contribution in [2.45, 2.75) is 20.3 Å². The third-order valence-corrected chi connectivity index (χ3v) is 4.13. The van der Waals surface area contributed by atoms with Gasteiger partial charge in [-0.15, -0.1) is 5.10 Å². The van der Waals surface area contributed by atoms with Crippen molar-refractivity contribution in [1.29, 1.82) is 0 Å². The molecule has 0 fully saturated rings. The fourth-order valence-electron chi connectivity index (χ4n) is 2.41. The van der Waals surface area contributed by atoms with Crippen LogP contribution >= 0.6 is 11.6 Å². The maximum atomic E-state index is 12.5. The van der Waals surface area contributed by atoms with Crippen LogP contribution in [0.1, 0.15) is 28.7 Å². The standard InChI is InChI=1S/C18H17ClN4O/c1-3-13-8-10-14(11-9-13)20-18(24)17-12(2)23(22-21-17)16-7-5-4-6-15(16)19/h4-11H,3H2,1-2H3,(H,20,24). The topological polar surface area (TPSA) is 59.8 Å². The second kappa shape index (κ2) is 6.84. The monoisotopic (exact) mass is 340 g/mol. The molecule has 1 heterocycles. The smallest absolute Gasteiger partial charge is 0.278 e. The minimum Gasteiger partial charge on any atom is -0.321 e. The van der Waals surface area contributed by atoms with Crippen LogP contribution in [0.4, 0.5) is 5.69 Å². The number of hydrogen-bond acceptors (Lipinski definition) is 3. The Hall–Kier alpha value is -2.66. The molecule has 6 heteroatoms. The molecule has 1 N–H and O–H groups in total. The van der Waals surface area contributed by atoms with Crippen molar-refractivity contribution in [3.8, 4) is 5.69 Å². The van der Waals surface area contributed by atoms with Gasteiger partial charge in [0.15, 0.2) is 5.69 Å². The third kappa shape index (κ3) is 3.16. The summed E-state index contributed by atoms with van der Waals surface area (Å²) in [4.78, 5) is 12.5. The fourth-order valence-corrected chi connectivity index (χ4v) is 2.62. The van der Waals surface area contributed by atoms with Crippen molar-refractivity contribution in [2.75, 3.05) is 5.32 Å². The zero-order chi connectivity index (χ0) is 17.1. The van der Waals surface area contributed by atoms with E-state index in [0.29, 0.717) is 16.4 Å². The van der Waals surface area contributed by atoms with Gasteiger partial charge in [0, 0.05) is 5.69 Å². The Morgan fingerprint density at radius 3 is 2.54 bits per heavy atom. The minimum absolute atomic E-state index is 0.273. The summed E-state index contributed by atoms with van der Waals surface area (Å²) in [7, 11) is 0. The molecule has 0 bridgehead atoms. The number of anilines is 1. The lowest BCUT2D eigenvalue weighted by Gasteiger charge is -2.07. The highest BCUT2D eigenvalue weighted by Crippen LogP contribution is 2.21. The second-order valence-electron chi connectivity index (χ2n) is 5.39. The molecule has 2 aromatic carbocycles. The van der Waals surface area contributed by atoms with Crippen LogP contribution in [0.25, 0.3) is 5.69 Å². The molecule has 0 saturated carbocycles. The van der Waals surface area contributed by atoms with Crippen molar-refractivity contribution in [3.63, 3.8) is 0 Å². The van der Waals surface area contributed by atoms with E-state index in [1.165, 1.54) is 5.56 Å². The lowest BCUT2D eigenvalue weighted by molar-refractivity contribution is 0.102. The van der Waals surface area contributed by atoms with Crippen LogP contribution in [0.3, 0.4) is 0 Å². The highest BCUT2D eigenvalue weighted by molar-refractivity contribution is 6.32. The molecule has 0 aliphatic heterocycles. The van der Waals surface area contributed by atoms with E-state index in [1.807, 2.05) is 42.5 Å². The molecule has 0 unspecified atom stereocenters. The predicted octanol–water partition coefficient (Wildman–Crippen LogP) is 4.04. The Kier molecular flexibility index (Phi) is 4.62. The molecule has 0 spiro atoms. The van der Waals surface area contributed by atoms with Crippen LogP contribution in [-0.4, -0.2) is 20.9 Å². The second-order valence-corrected chi connectivity index (χ2v) is 5.80. The van der Waals surface area contributed by atoms with Gasteiger partial charge in [-0.05, 0) is 43.2 Å². The first-order valence-corrected chi connectivity index (χ1v) is 8.05. The van der Waals surface area contributed by atoms with Gasteiger partial charge in [0.2, 0.25) is 0 Å². The van der Waals surface area contributed by atoms with Crippen molar-refractivity contribution in [2.24, 2.45) is 0 Å². The van der Waals surface area contributed by atoms with E-state index in [1.54, 1.807) is 17.7 Å². The fraction of sp³-hybridized carbons (Fsp3) is 0.167. The first-order valence-electron chi connectivity index (χ1n) is 7.67. The van der Waals surface area contributed by atoms with Crippen LogP contribution in [0.2, 0.25) is 5.02 Å². The number of hydrogen-bond donors (Lipinski definition) is 1. The molecule has 122 valence electrons. The molecule has 5 nitrogen and oxygen atoms in total.